The Bertz CT molecular complexity index is 1520. The first kappa shape index (κ1) is 30.1. The van der Waals surface area contributed by atoms with Gasteiger partial charge in [-0.05, 0) is 68.1 Å². The van der Waals surface area contributed by atoms with Crippen LogP contribution in [0.5, 0.6) is 5.75 Å². The first-order valence-electron chi connectivity index (χ1n) is 15.5. The minimum Gasteiger partial charge on any atom is -0.494 e. The fourth-order valence-corrected chi connectivity index (χ4v) is 7.40. The maximum atomic E-state index is 14.8. The van der Waals surface area contributed by atoms with Crippen LogP contribution in [0.1, 0.15) is 31.9 Å². The van der Waals surface area contributed by atoms with Crippen LogP contribution in [0.4, 0.5) is 11.4 Å². The van der Waals surface area contributed by atoms with Gasteiger partial charge in [-0.15, -0.1) is 0 Å². The van der Waals surface area contributed by atoms with E-state index in [2.05, 4.69) is 0 Å². The Balaban J connectivity index is 1.45. The number of amides is 3. The Morgan fingerprint density at radius 3 is 2.39 bits per heavy atom. The van der Waals surface area contributed by atoms with Gasteiger partial charge in [0.2, 0.25) is 11.8 Å². The molecule has 1 unspecified atom stereocenters. The molecule has 2 aromatic carbocycles. The van der Waals surface area contributed by atoms with E-state index in [0.29, 0.717) is 31.1 Å². The number of nitrogens with zero attached hydrogens (tertiary/aromatic N) is 3. The van der Waals surface area contributed by atoms with Crippen molar-refractivity contribution in [3.63, 3.8) is 0 Å². The third kappa shape index (κ3) is 4.64. The van der Waals surface area contributed by atoms with Crippen LogP contribution in [0.25, 0.3) is 0 Å². The Morgan fingerprint density at radius 1 is 0.977 bits per heavy atom. The zero-order valence-electron chi connectivity index (χ0n) is 26.0. The minimum atomic E-state index is -1.37. The minimum absolute atomic E-state index is 0.144. The second kappa shape index (κ2) is 11.5. The van der Waals surface area contributed by atoms with E-state index in [1.807, 2.05) is 101 Å². The van der Waals surface area contributed by atoms with Crippen LogP contribution in [0.15, 0.2) is 66.8 Å². The van der Waals surface area contributed by atoms with Crippen LogP contribution in [0.2, 0.25) is 0 Å². The van der Waals surface area contributed by atoms with Crippen molar-refractivity contribution < 1.29 is 29.0 Å². The number of anilines is 2. The highest BCUT2D eigenvalue weighted by molar-refractivity contribution is 6.07. The number of likely N-dealkylation sites (tertiary alicyclic amines) is 1. The van der Waals surface area contributed by atoms with E-state index in [4.69, 9.17) is 9.47 Å². The van der Waals surface area contributed by atoms with Crippen LogP contribution in [0, 0.1) is 31.6 Å². The molecule has 4 aliphatic rings. The Kier molecular flexibility index (Phi) is 7.88. The number of carbonyl (C=O) groups is 3. The monoisotopic (exact) mass is 599 g/mol. The average molecular weight is 600 g/mol. The van der Waals surface area contributed by atoms with Gasteiger partial charge in [0.15, 0.2) is 0 Å². The lowest BCUT2D eigenvalue weighted by atomic mass is 9.77. The maximum absolute atomic E-state index is 14.8. The zero-order valence-corrected chi connectivity index (χ0v) is 26.0. The number of rotatable bonds is 7. The average Bonchev–Trinajstić information content (AvgIpc) is 3.31. The summed E-state index contributed by atoms with van der Waals surface area (Å²) in [5, 5.41) is 10.6. The maximum Gasteiger partial charge on any atom is 0.253 e. The molecule has 6 rings (SSSR count). The van der Waals surface area contributed by atoms with Crippen molar-refractivity contribution in [1.82, 2.24) is 4.90 Å². The van der Waals surface area contributed by atoms with Gasteiger partial charge in [-0.1, -0.05) is 50.3 Å². The third-order valence-corrected chi connectivity index (χ3v) is 9.53. The lowest BCUT2D eigenvalue weighted by Crippen LogP contribution is -2.59. The summed E-state index contributed by atoms with van der Waals surface area (Å²) in [6.45, 7) is 10.5. The number of hydrogen-bond donors (Lipinski definition) is 1. The van der Waals surface area contributed by atoms with E-state index < -0.39 is 35.6 Å². The number of benzene rings is 2. The molecule has 1 N–H and O–H groups in total. The number of aliphatic hydroxyl groups excluding tert-OH is 1. The molecule has 4 aliphatic heterocycles. The van der Waals surface area contributed by atoms with Crippen molar-refractivity contribution in [3.05, 3.63) is 77.9 Å². The number of ether oxygens (including phenoxy) is 2. The van der Waals surface area contributed by atoms with Gasteiger partial charge in [0.05, 0.1) is 37.2 Å². The predicted molar refractivity (Wildman–Crippen MR) is 167 cm³/mol. The van der Waals surface area contributed by atoms with Gasteiger partial charge in [-0.25, -0.2) is 0 Å². The van der Waals surface area contributed by atoms with E-state index in [9.17, 15) is 19.5 Å². The van der Waals surface area contributed by atoms with E-state index in [1.165, 1.54) is 4.90 Å². The molecule has 2 aromatic rings. The topological polar surface area (TPSA) is 99.6 Å². The summed E-state index contributed by atoms with van der Waals surface area (Å²) in [5.74, 6) is -2.09. The summed E-state index contributed by atoms with van der Waals surface area (Å²) in [4.78, 5) is 48.8. The van der Waals surface area contributed by atoms with Crippen molar-refractivity contribution in [3.8, 4) is 5.75 Å². The highest BCUT2D eigenvalue weighted by Crippen LogP contribution is 2.54. The zero-order chi connectivity index (χ0) is 31.3. The molecule has 9 heteroatoms. The van der Waals surface area contributed by atoms with Crippen molar-refractivity contribution in [2.45, 2.75) is 58.4 Å². The lowest BCUT2D eigenvalue weighted by Gasteiger charge is -2.40. The first-order chi connectivity index (χ1) is 21.1. The molecule has 232 valence electrons. The quantitative estimate of drug-likeness (QED) is 0.486. The smallest absolute Gasteiger partial charge is 0.253 e. The second-order valence-corrected chi connectivity index (χ2v) is 12.5. The SMILES string of the molecule is CCOc1ccc(N2CC=C[C@@H]3O[C@]45C=CCN(c6cc(C)ccc6C)C(=O)C4N([C@@H](CO)C(C)C)C(=O)[C@@H]5[C@@H]3C2=O)cc1. The number of aliphatic hydroxyl groups is 1. The number of aryl methyl sites for hydroxylation is 2. The number of hydrogen-bond acceptors (Lipinski definition) is 6. The molecular weight excluding hydrogens is 558 g/mol. The Hall–Kier alpha value is -3.95. The summed E-state index contributed by atoms with van der Waals surface area (Å²) in [7, 11) is 0. The summed E-state index contributed by atoms with van der Waals surface area (Å²) in [6.07, 6.45) is 6.79. The van der Waals surface area contributed by atoms with Gasteiger partial charge in [-0.2, -0.15) is 0 Å². The molecule has 2 fully saturated rings. The summed E-state index contributed by atoms with van der Waals surface area (Å²) in [6, 6.07) is 11.6. The normalized spacial score (nSPS) is 28.6. The molecule has 6 atom stereocenters. The van der Waals surface area contributed by atoms with Gasteiger partial charge in [-0.3, -0.25) is 14.4 Å². The van der Waals surface area contributed by atoms with E-state index in [1.54, 1.807) is 9.80 Å². The van der Waals surface area contributed by atoms with E-state index >= 15 is 0 Å². The van der Waals surface area contributed by atoms with Crippen molar-refractivity contribution >= 4 is 29.1 Å². The van der Waals surface area contributed by atoms with Gasteiger partial charge < -0.3 is 29.3 Å². The van der Waals surface area contributed by atoms with E-state index in [0.717, 1.165) is 16.8 Å². The summed E-state index contributed by atoms with van der Waals surface area (Å²) in [5.41, 5.74) is 2.03. The van der Waals surface area contributed by atoms with Gasteiger partial charge in [0.1, 0.15) is 17.4 Å². The van der Waals surface area contributed by atoms with Crippen LogP contribution < -0.4 is 14.5 Å². The molecular formula is C35H41N3O6. The van der Waals surface area contributed by atoms with E-state index in [-0.39, 0.29) is 30.2 Å². The summed E-state index contributed by atoms with van der Waals surface area (Å²) >= 11 is 0. The molecule has 1 spiro atoms. The van der Waals surface area contributed by atoms with Crippen molar-refractivity contribution in [2.24, 2.45) is 17.8 Å². The fraction of sp³-hybridized carbons (Fsp3) is 0.457. The molecule has 4 heterocycles. The molecule has 0 aliphatic carbocycles. The van der Waals surface area contributed by atoms with Crippen LogP contribution in [-0.4, -0.2) is 77.8 Å². The van der Waals surface area contributed by atoms with Crippen LogP contribution in [0.3, 0.4) is 0 Å². The Labute approximate surface area is 258 Å². The number of fused-ring (bicyclic) bond motifs is 2. The van der Waals surface area contributed by atoms with Crippen LogP contribution in [-0.2, 0) is 19.1 Å². The highest BCUT2D eigenvalue weighted by Gasteiger charge is 2.72. The molecule has 0 radical (unpaired) electrons. The highest BCUT2D eigenvalue weighted by atomic mass is 16.5. The van der Waals surface area contributed by atoms with Gasteiger partial charge in [0.25, 0.3) is 5.91 Å². The first-order valence-corrected chi connectivity index (χ1v) is 15.5. The summed E-state index contributed by atoms with van der Waals surface area (Å²) < 4.78 is 12.4. The van der Waals surface area contributed by atoms with Gasteiger partial charge in [0, 0.05) is 24.5 Å². The molecule has 0 aromatic heterocycles. The van der Waals surface area contributed by atoms with Crippen molar-refractivity contribution in [2.75, 3.05) is 36.1 Å². The number of carbonyl (C=O) groups excluding carboxylic acids is 3. The third-order valence-electron chi connectivity index (χ3n) is 9.53. The van der Waals surface area contributed by atoms with Crippen molar-refractivity contribution in [1.29, 1.82) is 0 Å². The fourth-order valence-electron chi connectivity index (χ4n) is 7.40. The molecule has 3 amide bonds. The molecule has 2 saturated heterocycles. The van der Waals surface area contributed by atoms with Crippen LogP contribution >= 0.6 is 0 Å². The standard InChI is InChI=1S/C35H41N3O6/c1-6-43-25-14-12-24(13-15-25)36-17-7-9-28-29(32(36)40)30-33(41)38(27(20-39)21(2)3)31-34(42)37(18-8-16-35(30,31)44-28)26-19-22(4)10-11-23(26)5/h7-16,19,21,27-31,39H,6,17-18,20H2,1-5H3/t27-,28-,29+,30-,31?,35-/m0/s1. The van der Waals surface area contributed by atoms with Gasteiger partial charge >= 0.3 is 0 Å². The lowest BCUT2D eigenvalue weighted by molar-refractivity contribution is -0.145. The largest absolute Gasteiger partial charge is 0.494 e. The second-order valence-electron chi connectivity index (χ2n) is 12.5. The Morgan fingerprint density at radius 2 is 1.70 bits per heavy atom. The molecule has 9 nitrogen and oxygen atoms in total. The predicted octanol–water partition coefficient (Wildman–Crippen LogP) is 3.81. The molecule has 0 saturated carbocycles. The molecule has 44 heavy (non-hydrogen) atoms. The molecule has 0 bridgehead atoms.